The van der Waals surface area contributed by atoms with E-state index in [0.717, 1.165) is 5.56 Å². The number of halogens is 4. The third-order valence-corrected chi connectivity index (χ3v) is 7.59. The fourth-order valence-corrected chi connectivity index (χ4v) is 5.32. The summed E-state index contributed by atoms with van der Waals surface area (Å²) in [4.78, 5) is 2.22. The Labute approximate surface area is 173 Å². The number of nitrogens with zero attached hydrogens (tertiary/aromatic N) is 2. The third kappa shape index (κ3) is 4.47. The van der Waals surface area contributed by atoms with Crippen LogP contribution in [-0.4, -0.2) is 43.8 Å². The van der Waals surface area contributed by atoms with Gasteiger partial charge in [-0.2, -0.15) is 4.31 Å². The topological polar surface area (TPSA) is 40.6 Å². The van der Waals surface area contributed by atoms with Crippen molar-refractivity contribution in [3.63, 3.8) is 0 Å². The van der Waals surface area contributed by atoms with Crippen molar-refractivity contribution in [2.45, 2.75) is 11.4 Å². The summed E-state index contributed by atoms with van der Waals surface area (Å²) in [6, 6.07) is 9.97. The van der Waals surface area contributed by atoms with Crippen LogP contribution >= 0.6 is 46.4 Å². The second-order valence-corrected chi connectivity index (χ2v) is 9.57. The maximum absolute atomic E-state index is 12.8. The fraction of sp³-hybridized carbons (Fsp3) is 0.294. The zero-order valence-corrected chi connectivity index (χ0v) is 17.5. The molecule has 0 unspecified atom stereocenters. The zero-order valence-electron chi connectivity index (χ0n) is 13.6. The quantitative estimate of drug-likeness (QED) is 0.667. The summed E-state index contributed by atoms with van der Waals surface area (Å²) in [5.74, 6) is 0. The van der Waals surface area contributed by atoms with Crippen molar-refractivity contribution in [2.24, 2.45) is 0 Å². The lowest BCUT2D eigenvalue weighted by atomic mass is 10.2. The molecular formula is C17H16Cl4N2O2S. The molecule has 0 bridgehead atoms. The van der Waals surface area contributed by atoms with E-state index in [1.807, 2.05) is 12.1 Å². The highest BCUT2D eigenvalue weighted by atomic mass is 35.5. The molecule has 140 valence electrons. The number of benzene rings is 2. The molecule has 1 aliphatic heterocycles. The molecule has 0 atom stereocenters. The van der Waals surface area contributed by atoms with Crippen molar-refractivity contribution in [1.82, 2.24) is 9.21 Å². The van der Waals surface area contributed by atoms with E-state index in [1.54, 1.807) is 12.1 Å². The number of hydrogen-bond donors (Lipinski definition) is 0. The Morgan fingerprint density at radius 1 is 0.808 bits per heavy atom. The molecule has 26 heavy (non-hydrogen) atoms. The minimum absolute atomic E-state index is 0.0459. The Morgan fingerprint density at radius 3 is 2.12 bits per heavy atom. The van der Waals surface area contributed by atoms with Gasteiger partial charge in [0.25, 0.3) is 0 Å². The fourth-order valence-electron chi connectivity index (χ4n) is 2.84. The van der Waals surface area contributed by atoms with Crippen LogP contribution in [0, 0.1) is 0 Å². The molecule has 0 N–H and O–H groups in total. The Balaban J connectivity index is 1.67. The van der Waals surface area contributed by atoms with Crippen molar-refractivity contribution >= 4 is 56.4 Å². The number of hydrogen-bond acceptors (Lipinski definition) is 3. The molecule has 9 heteroatoms. The predicted octanol–water partition coefficient (Wildman–Crippen LogP) is 4.81. The SMILES string of the molecule is O=S(=O)(c1cc(Cl)ccc1Cl)N1CCN(Cc2ccc(Cl)c(Cl)c2)CC1. The van der Waals surface area contributed by atoms with Gasteiger partial charge in [0.15, 0.2) is 0 Å². The van der Waals surface area contributed by atoms with Gasteiger partial charge in [0, 0.05) is 37.7 Å². The lowest BCUT2D eigenvalue weighted by molar-refractivity contribution is 0.181. The normalized spacial score (nSPS) is 16.8. The lowest BCUT2D eigenvalue weighted by Gasteiger charge is -2.34. The molecule has 0 radical (unpaired) electrons. The summed E-state index contributed by atoms with van der Waals surface area (Å²) in [6.07, 6.45) is 0. The van der Waals surface area contributed by atoms with Crippen molar-refractivity contribution in [2.75, 3.05) is 26.2 Å². The highest BCUT2D eigenvalue weighted by Gasteiger charge is 2.30. The van der Waals surface area contributed by atoms with Crippen LogP contribution in [0.25, 0.3) is 0 Å². The first-order chi connectivity index (χ1) is 12.3. The summed E-state index contributed by atoms with van der Waals surface area (Å²) in [5, 5.41) is 1.55. The predicted molar refractivity (Wildman–Crippen MR) is 107 cm³/mol. The molecular weight excluding hydrogens is 438 g/mol. The monoisotopic (exact) mass is 452 g/mol. The summed E-state index contributed by atoms with van der Waals surface area (Å²) in [6.45, 7) is 2.66. The Hall–Kier alpha value is -0.530. The van der Waals surface area contributed by atoms with E-state index in [4.69, 9.17) is 46.4 Å². The van der Waals surface area contributed by atoms with Crippen molar-refractivity contribution in [3.05, 3.63) is 62.1 Å². The molecule has 2 aromatic carbocycles. The maximum atomic E-state index is 12.8. The summed E-state index contributed by atoms with van der Waals surface area (Å²) < 4.78 is 27.1. The van der Waals surface area contributed by atoms with Gasteiger partial charge in [0.1, 0.15) is 4.90 Å². The summed E-state index contributed by atoms with van der Waals surface area (Å²) >= 11 is 24.0. The van der Waals surface area contributed by atoms with Crippen molar-refractivity contribution in [1.29, 1.82) is 0 Å². The number of rotatable bonds is 4. The molecule has 0 aromatic heterocycles. The summed E-state index contributed by atoms with van der Waals surface area (Å²) in [5.41, 5.74) is 1.04. The zero-order chi connectivity index (χ0) is 18.9. The van der Waals surface area contributed by atoms with Gasteiger partial charge in [0.05, 0.1) is 15.1 Å². The average Bonchev–Trinajstić information content (AvgIpc) is 2.61. The molecule has 0 spiro atoms. The smallest absolute Gasteiger partial charge is 0.244 e. The van der Waals surface area contributed by atoms with Crippen LogP contribution in [0.15, 0.2) is 41.3 Å². The van der Waals surface area contributed by atoms with E-state index < -0.39 is 10.0 Å². The van der Waals surface area contributed by atoms with Crippen LogP contribution in [0.2, 0.25) is 20.1 Å². The van der Waals surface area contributed by atoms with Gasteiger partial charge in [0.2, 0.25) is 10.0 Å². The highest BCUT2D eigenvalue weighted by Crippen LogP contribution is 2.29. The maximum Gasteiger partial charge on any atom is 0.244 e. The minimum Gasteiger partial charge on any atom is -0.296 e. The summed E-state index contributed by atoms with van der Waals surface area (Å²) in [7, 11) is -3.67. The van der Waals surface area contributed by atoms with E-state index >= 15 is 0 Å². The van der Waals surface area contributed by atoms with E-state index in [2.05, 4.69) is 4.90 Å². The second-order valence-electron chi connectivity index (χ2n) is 6.00. The molecule has 3 rings (SSSR count). The standard InChI is InChI=1S/C17H16Cl4N2O2S/c18-13-2-4-15(20)17(10-13)26(24,25)23-7-5-22(6-8-23)11-12-1-3-14(19)16(21)9-12/h1-4,9-10H,5-8,11H2. The van der Waals surface area contributed by atoms with Gasteiger partial charge in [-0.1, -0.05) is 52.5 Å². The lowest BCUT2D eigenvalue weighted by Crippen LogP contribution is -2.48. The van der Waals surface area contributed by atoms with E-state index in [0.29, 0.717) is 47.8 Å². The van der Waals surface area contributed by atoms with Crippen LogP contribution < -0.4 is 0 Å². The van der Waals surface area contributed by atoms with Crippen LogP contribution in [0.1, 0.15) is 5.56 Å². The van der Waals surface area contributed by atoms with E-state index in [-0.39, 0.29) is 9.92 Å². The molecule has 0 aliphatic carbocycles. The van der Waals surface area contributed by atoms with Gasteiger partial charge in [-0.25, -0.2) is 8.42 Å². The first-order valence-corrected chi connectivity index (χ1v) is 10.8. The van der Waals surface area contributed by atoms with E-state index in [9.17, 15) is 8.42 Å². The molecule has 1 aliphatic rings. The molecule has 1 heterocycles. The Kier molecular flexibility index (Phi) is 6.40. The largest absolute Gasteiger partial charge is 0.296 e. The molecule has 2 aromatic rings. The van der Waals surface area contributed by atoms with Crippen LogP contribution in [-0.2, 0) is 16.6 Å². The molecule has 1 saturated heterocycles. The molecule has 0 saturated carbocycles. The average molecular weight is 454 g/mol. The van der Waals surface area contributed by atoms with Gasteiger partial charge in [-0.15, -0.1) is 0 Å². The van der Waals surface area contributed by atoms with Crippen molar-refractivity contribution < 1.29 is 8.42 Å². The number of piperazine rings is 1. The molecule has 1 fully saturated rings. The van der Waals surface area contributed by atoms with Crippen molar-refractivity contribution in [3.8, 4) is 0 Å². The van der Waals surface area contributed by atoms with Crippen LogP contribution in [0.3, 0.4) is 0 Å². The number of sulfonamides is 1. The Bertz CT molecular complexity index is 913. The third-order valence-electron chi connectivity index (χ3n) is 4.23. The van der Waals surface area contributed by atoms with Crippen LogP contribution in [0.5, 0.6) is 0 Å². The molecule has 0 amide bonds. The Morgan fingerprint density at radius 2 is 1.46 bits per heavy atom. The van der Waals surface area contributed by atoms with E-state index in [1.165, 1.54) is 16.4 Å². The minimum atomic E-state index is -3.67. The molecule has 4 nitrogen and oxygen atoms in total. The first kappa shape index (κ1) is 20.2. The van der Waals surface area contributed by atoms with Gasteiger partial charge in [-0.3, -0.25) is 4.90 Å². The van der Waals surface area contributed by atoms with Gasteiger partial charge in [-0.05, 0) is 35.9 Å². The highest BCUT2D eigenvalue weighted by molar-refractivity contribution is 7.89. The van der Waals surface area contributed by atoms with Crippen LogP contribution in [0.4, 0.5) is 0 Å². The van der Waals surface area contributed by atoms with Gasteiger partial charge >= 0.3 is 0 Å². The van der Waals surface area contributed by atoms with Gasteiger partial charge < -0.3 is 0 Å². The second kappa shape index (κ2) is 8.23. The first-order valence-electron chi connectivity index (χ1n) is 7.89.